The molecule has 3 aromatic rings. The van der Waals surface area contributed by atoms with Crippen LogP contribution in [0.25, 0.3) is 0 Å². The van der Waals surface area contributed by atoms with E-state index >= 15 is 0 Å². The smallest absolute Gasteiger partial charge is 0.416 e. The Morgan fingerprint density at radius 1 is 0.936 bits per heavy atom. The summed E-state index contributed by atoms with van der Waals surface area (Å²) in [6.07, 6.45) is -5.31. The quantitative estimate of drug-likeness (QED) is 0.279. The molecule has 1 atom stereocenters. The number of aryl methyl sites for hydroxylation is 1. The van der Waals surface area contributed by atoms with E-state index in [4.69, 9.17) is 9.47 Å². The molecule has 1 aliphatic heterocycles. The molecule has 0 saturated carbocycles. The normalized spacial score (nSPS) is 15.4. The number of anilines is 1. The van der Waals surface area contributed by atoms with Crippen LogP contribution in [0.2, 0.25) is 0 Å². The van der Waals surface area contributed by atoms with Crippen LogP contribution in [-0.4, -0.2) is 47.0 Å². The molecule has 10 nitrogen and oxygen atoms in total. The van der Waals surface area contributed by atoms with Crippen molar-refractivity contribution in [3.8, 4) is 5.75 Å². The van der Waals surface area contributed by atoms with Crippen LogP contribution in [0.1, 0.15) is 57.2 Å². The first-order chi connectivity index (χ1) is 21.8. The summed E-state index contributed by atoms with van der Waals surface area (Å²) in [7, 11) is -8.97. The minimum atomic E-state index is -4.82. The summed E-state index contributed by atoms with van der Waals surface area (Å²) in [6.45, 7) is 6.46. The fourth-order valence-electron chi connectivity index (χ4n) is 4.89. The van der Waals surface area contributed by atoms with Gasteiger partial charge in [0.05, 0.1) is 40.4 Å². The number of carbonyl (C=O) groups is 2. The monoisotopic (exact) mass is 696 g/mol. The second-order valence-electron chi connectivity index (χ2n) is 12.0. The van der Waals surface area contributed by atoms with Gasteiger partial charge in [0.15, 0.2) is 0 Å². The fraction of sp³-hybridized carbons (Fsp3) is 0.375. The van der Waals surface area contributed by atoms with E-state index in [1.807, 2.05) is 11.6 Å². The van der Waals surface area contributed by atoms with Gasteiger partial charge in [0.25, 0.3) is 20.0 Å². The molecule has 0 aliphatic carbocycles. The zero-order chi connectivity index (χ0) is 34.8. The van der Waals surface area contributed by atoms with Crippen LogP contribution in [0.5, 0.6) is 5.75 Å². The average Bonchev–Trinajstić information content (AvgIpc) is 2.95. The molecule has 0 unspecified atom stereocenters. The van der Waals surface area contributed by atoms with Crippen LogP contribution in [0.15, 0.2) is 76.5 Å². The third-order valence-corrected chi connectivity index (χ3v) is 10.1. The van der Waals surface area contributed by atoms with Crippen LogP contribution in [0.4, 0.5) is 18.9 Å². The first-order valence-electron chi connectivity index (χ1n) is 14.6. The summed E-state index contributed by atoms with van der Waals surface area (Å²) >= 11 is 0. The van der Waals surface area contributed by atoms with Gasteiger partial charge in [-0.2, -0.15) is 13.2 Å². The number of benzene rings is 3. The number of carbonyl (C=O) groups excluding carboxylic acids is 2. The summed E-state index contributed by atoms with van der Waals surface area (Å²) in [6, 6.07) is 13.4. The molecule has 1 amide bonds. The number of fused-ring (bicyclic) bond motifs is 1. The molecule has 47 heavy (non-hydrogen) atoms. The van der Waals surface area contributed by atoms with Gasteiger partial charge in [-0.25, -0.2) is 21.6 Å². The Morgan fingerprint density at radius 3 is 2.21 bits per heavy atom. The molecule has 0 bridgehead atoms. The molecule has 254 valence electrons. The van der Waals surface area contributed by atoms with Crippen LogP contribution >= 0.6 is 0 Å². The van der Waals surface area contributed by atoms with E-state index in [1.165, 1.54) is 30.3 Å². The summed E-state index contributed by atoms with van der Waals surface area (Å²) in [4.78, 5) is 24.6. The largest absolute Gasteiger partial charge is 0.486 e. The molecule has 0 radical (unpaired) electrons. The molecule has 1 heterocycles. The van der Waals surface area contributed by atoms with E-state index in [2.05, 4.69) is 0 Å². The molecule has 0 aromatic heterocycles. The maximum absolute atomic E-state index is 13.9. The number of alkyl halides is 3. The Kier molecular flexibility index (Phi) is 10.3. The van der Waals surface area contributed by atoms with Crippen molar-refractivity contribution in [3.63, 3.8) is 0 Å². The highest BCUT2D eigenvalue weighted by atomic mass is 32.2. The molecular weight excluding hydrogens is 661 g/mol. The van der Waals surface area contributed by atoms with E-state index in [0.717, 1.165) is 40.9 Å². The number of hydrogen-bond acceptors (Lipinski definition) is 8. The Bertz CT molecular complexity index is 1850. The van der Waals surface area contributed by atoms with Crippen LogP contribution in [0.3, 0.4) is 0 Å². The third-order valence-electron chi connectivity index (χ3n) is 6.91. The number of ether oxygens (including phenoxy) is 2. The van der Waals surface area contributed by atoms with Gasteiger partial charge in [0.1, 0.15) is 17.5 Å². The number of nitrogens with one attached hydrogen (secondary N) is 1. The van der Waals surface area contributed by atoms with Crippen LogP contribution in [-0.2, 0) is 53.4 Å². The minimum absolute atomic E-state index is 0.0492. The molecule has 0 saturated heterocycles. The summed E-state index contributed by atoms with van der Waals surface area (Å²) in [5, 5.41) is 0. The van der Waals surface area contributed by atoms with E-state index < -0.39 is 73.2 Å². The molecule has 0 spiro atoms. The standard InChI is InChI=1S/C32H35F3N2O8S2/c1-5-7-21-10-13-25(14-11-21)46(40,41)36-29(38)19-24-20-37(47(42,43)26-9-6-8-23(18-26)32(33,34)35)27-16-22(12-15-28(27)44-24)17-30(39)45-31(2,3)4/h6,8-16,18,24H,5,7,17,19-20H2,1-4H3,(H,36,38)/t24-/m0/s1. The molecule has 4 rings (SSSR count). The van der Waals surface area contributed by atoms with Crippen molar-refractivity contribution in [1.29, 1.82) is 0 Å². The predicted molar refractivity (Wildman–Crippen MR) is 167 cm³/mol. The van der Waals surface area contributed by atoms with Gasteiger partial charge in [-0.3, -0.25) is 13.9 Å². The van der Waals surface area contributed by atoms with Gasteiger partial charge in [-0.05, 0) is 80.8 Å². The highest BCUT2D eigenvalue weighted by Crippen LogP contribution is 2.39. The van der Waals surface area contributed by atoms with Gasteiger partial charge in [-0.1, -0.05) is 37.6 Å². The first kappa shape index (κ1) is 35.7. The molecular formula is C32H35F3N2O8S2. The number of esters is 1. The van der Waals surface area contributed by atoms with Gasteiger partial charge in [0.2, 0.25) is 5.91 Å². The second-order valence-corrected chi connectivity index (χ2v) is 15.5. The second kappa shape index (κ2) is 13.6. The summed E-state index contributed by atoms with van der Waals surface area (Å²) in [5.74, 6) is -1.64. The minimum Gasteiger partial charge on any atom is -0.486 e. The maximum atomic E-state index is 13.9. The van der Waals surface area contributed by atoms with Crippen LogP contribution < -0.4 is 13.8 Å². The van der Waals surface area contributed by atoms with Gasteiger partial charge in [-0.15, -0.1) is 0 Å². The van der Waals surface area contributed by atoms with Crippen molar-refractivity contribution in [2.24, 2.45) is 0 Å². The summed E-state index contributed by atoms with van der Waals surface area (Å²) < 4.78 is 108. The van der Waals surface area contributed by atoms with E-state index in [9.17, 15) is 39.6 Å². The van der Waals surface area contributed by atoms with E-state index in [0.29, 0.717) is 11.6 Å². The number of nitrogens with zero attached hydrogens (tertiary/aromatic N) is 1. The topological polar surface area (TPSA) is 136 Å². The number of hydrogen-bond donors (Lipinski definition) is 1. The third kappa shape index (κ3) is 9.04. The van der Waals surface area contributed by atoms with Crippen molar-refractivity contribution < 1.29 is 49.1 Å². The highest BCUT2D eigenvalue weighted by molar-refractivity contribution is 7.92. The van der Waals surface area contributed by atoms with Gasteiger partial charge < -0.3 is 9.47 Å². The average molecular weight is 697 g/mol. The van der Waals surface area contributed by atoms with Gasteiger partial charge >= 0.3 is 12.1 Å². The highest BCUT2D eigenvalue weighted by Gasteiger charge is 2.38. The van der Waals surface area contributed by atoms with Crippen molar-refractivity contribution in [1.82, 2.24) is 4.72 Å². The zero-order valence-corrected chi connectivity index (χ0v) is 27.8. The lowest BCUT2D eigenvalue weighted by atomic mass is 10.1. The maximum Gasteiger partial charge on any atom is 0.416 e. The lowest BCUT2D eigenvalue weighted by Gasteiger charge is -2.35. The van der Waals surface area contributed by atoms with Crippen molar-refractivity contribution in [2.75, 3.05) is 10.8 Å². The molecule has 1 aliphatic rings. The number of sulfonamides is 2. The predicted octanol–water partition coefficient (Wildman–Crippen LogP) is 5.39. The van der Waals surface area contributed by atoms with Crippen molar-refractivity contribution in [2.45, 2.75) is 81.1 Å². The lowest BCUT2D eigenvalue weighted by molar-refractivity contribution is -0.154. The van der Waals surface area contributed by atoms with Crippen molar-refractivity contribution in [3.05, 3.63) is 83.4 Å². The number of rotatable bonds is 10. The number of amides is 1. The molecule has 0 fully saturated rings. The Balaban J connectivity index is 1.64. The van der Waals surface area contributed by atoms with E-state index in [1.54, 1.807) is 32.9 Å². The molecule has 1 N–H and O–H groups in total. The lowest BCUT2D eigenvalue weighted by Crippen LogP contribution is -2.46. The fourth-order valence-corrected chi connectivity index (χ4v) is 7.43. The SMILES string of the molecule is CCCc1ccc(S(=O)(=O)NC(=O)C[C@H]2CN(S(=O)(=O)c3cccc(C(F)(F)F)c3)c3cc(CC(=O)OC(C)(C)C)ccc3O2)cc1. The van der Waals surface area contributed by atoms with Crippen LogP contribution in [0, 0.1) is 0 Å². The Morgan fingerprint density at radius 2 is 1.60 bits per heavy atom. The van der Waals surface area contributed by atoms with Crippen molar-refractivity contribution >= 4 is 37.6 Å². The molecule has 15 heteroatoms. The first-order valence-corrected chi connectivity index (χ1v) is 17.6. The Hall–Kier alpha value is -4.11. The number of halogens is 3. The van der Waals surface area contributed by atoms with E-state index in [-0.39, 0.29) is 22.8 Å². The van der Waals surface area contributed by atoms with Gasteiger partial charge in [0, 0.05) is 0 Å². The zero-order valence-electron chi connectivity index (χ0n) is 26.1. The summed E-state index contributed by atoms with van der Waals surface area (Å²) in [5.41, 5.74) is -0.802. The molecule has 3 aromatic carbocycles. The Labute approximate surface area is 272 Å².